The summed E-state index contributed by atoms with van der Waals surface area (Å²) in [5.41, 5.74) is 16.7. The molecule has 0 aliphatic heterocycles. The van der Waals surface area contributed by atoms with Crippen LogP contribution in [0.25, 0.3) is 27.9 Å². The minimum absolute atomic E-state index is 0.207. The van der Waals surface area contributed by atoms with E-state index in [1.54, 1.807) is 4.52 Å². The highest BCUT2D eigenvalue weighted by Crippen LogP contribution is 2.36. The molecule has 2 aromatic heterocycles. The number of hydrogen-bond acceptors (Lipinski definition) is 4. The summed E-state index contributed by atoms with van der Waals surface area (Å²) in [6.45, 7) is 0. The van der Waals surface area contributed by atoms with Gasteiger partial charge in [0.05, 0.1) is 0 Å². The van der Waals surface area contributed by atoms with E-state index in [0.717, 1.165) is 22.3 Å². The molecule has 0 amide bonds. The molecular formula is C18H15N5. The number of nitrogen functional groups attached to an aromatic ring is 2. The highest BCUT2D eigenvalue weighted by atomic mass is 15.3. The number of nitrogens with two attached hydrogens (primary N) is 2. The van der Waals surface area contributed by atoms with Gasteiger partial charge in [-0.3, -0.25) is 0 Å². The Labute approximate surface area is 133 Å². The summed E-state index contributed by atoms with van der Waals surface area (Å²) in [7, 11) is 0. The minimum atomic E-state index is 0.207. The lowest BCUT2D eigenvalue weighted by molar-refractivity contribution is 0.982. The average Bonchev–Trinajstić information content (AvgIpc) is 2.98. The van der Waals surface area contributed by atoms with Crippen LogP contribution in [0.3, 0.4) is 0 Å². The Morgan fingerprint density at radius 3 is 2.04 bits per heavy atom. The first-order valence-corrected chi connectivity index (χ1v) is 7.29. The number of aromatic nitrogens is 3. The third-order valence-corrected chi connectivity index (χ3v) is 3.80. The SMILES string of the molecule is Nc1nc2c(-c3ccccc3)c(-c3ccccc3)cc(N)n2n1. The Morgan fingerprint density at radius 1 is 0.783 bits per heavy atom. The van der Waals surface area contributed by atoms with Gasteiger partial charge in [-0.05, 0) is 22.8 Å². The van der Waals surface area contributed by atoms with Crippen LogP contribution in [-0.2, 0) is 0 Å². The van der Waals surface area contributed by atoms with Crippen molar-refractivity contribution in [3.05, 3.63) is 66.7 Å². The van der Waals surface area contributed by atoms with Gasteiger partial charge in [-0.15, -0.1) is 5.10 Å². The van der Waals surface area contributed by atoms with Crippen molar-refractivity contribution in [1.82, 2.24) is 14.6 Å². The summed E-state index contributed by atoms with van der Waals surface area (Å²) in [5.74, 6) is 0.710. The van der Waals surface area contributed by atoms with E-state index in [1.165, 1.54) is 0 Å². The Hall–Kier alpha value is -3.34. The first-order chi connectivity index (χ1) is 11.2. The van der Waals surface area contributed by atoms with Crippen LogP contribution in [0.4, 0.5) is 11.8 Å². The van der Waals surface area contributed by atoms with Gasteiger partial charge in [0.1, 0.15) is 5.82 Å². The molecule has 0 saturated heterocycles. The van der Waals surface area contributed by atoms with Crippen LogP contribution < -0.4 is 11.5 Å². The summed E-state index contributed by atoms with van der Waals surface area (Å²) in [6.07, 6.45) is 0. The van der Waals surface area contributed by atoms with Gasteiger partial charge in [-0.1, -0.05) is 60.7 Å². The molecule has 0 unspecified atom stereocenters. The van der Waals surface area contributed by atoms with Gasteiger partial charge < -0.3 is 11.5 Å². The number of nitrogens with zero attached hydrogens (tertiary/aromatic N) is 3. The smallest absolute Gasteiger partial charge is 0.240 e. The Morgan fingerprint density at radius 2 is 1.39 bits per heavy atom. The fourth-order valence-corrected chi connectivity index (χ4v) is 2.81. The number of rotatable bonds is 2. The van der Waals surface area contributed by atoms with Crippen molar-refractivity contribution in [3.63, 3.8) is 0 Å². The van der Waals surface area contributed by atoms with E-state index in [1.807, 2.05) is 54.6 Å². The van der Waals surface area contributed by atoms with Crippen LogP contribution in [0.2, 0.25) is 0 Å². The van der Waals surface area contributed by atoms with Crippen molar-refractivity contribution in [3.8, 4) is 22.3 Å². The molecule has 4 N–H and O–H groups in total. The van der Waals surface area contributed by atoms with Crippen LogP contribution in [0.1, 0.15) is 0 Å². The molecule has 0 aliphatic carbocycles. The van der Waals surface area contributed by atoms with Crippen molar-refractivity contribution in [2.75, 3.05) is 11.5 Å². The zero-order chi connectivity index (χ0) is 15.8. The molecule has 0 atom stereocenters. The van der Waals surface area contributed by atoms with Crippen LogP contribution in [0.15, 0.2) is 66.7 Å². The molecule has 4 aromatic rings. The highest BCUT2D eigenvalue weighted by Gasteiger charge is 2.17. The molecule has 0 aliphatic rings. The van der Waals surface area contributed by atoms with E-state index in [9.17, 15) is 0 Å². The molecule has 0 fully saturated rings. The fourth-order valence-electron chi connectivity index (χ4n) is 2.81. The molecular weight excluding hydrogens is 286 g/mol. The minimum Gasteiger partial charge on any atom is -0.384 e. The molecule has 0 radical (unpaired) electrons. The standard InChI is InChI=1S/C18H15N5/c19-15-11-14(12-7-3-1-4-8-12)16(13-9-5-2-6-10-13)17-21-18(20)22-23(15)17/h1-11H,19H2,(H2,20,22). The topological polar surface area (TPSA) is 82.2 Å². The molecule has 2 heterocycles. The van der Waals surface area contributed by atoms with Gasteiger partial charge in [0, 0.05) is 5.56 Å². The summed E-state index contributed by atoms with van der Waals surface area (Å²) in [6, 6.07) is 22.1. The van der Waals surface area contributed by atoms with E-state index in [-0.39, 0.29) is 5.95 Å². The second kappa shape index (κ2) is 5.14. The van der Waals surface area contributed by atoms with Crippen molar-refractivity contribution in [2.45, 2.75) is 0 Å². The van der Waals surface area contributed by atoms with Gasteiger partial charge >= 0.3 is 0 Å². The zero-order valence-electron chi connectivity index (χ0n) is 12.3. The van der Waals surface area contributed by atoms with Crippen LogP contribution in [0, 0.1) is 0 Å². The quantitative estimate of drug-likeness (QED) is 0.595. The van der Waals surface area contributed by atoms with E-state index >= 15 is 0 Å². The zero-order valence-corrected chi connectivity index (χ0v) is 12.3. The van der Waals surface area contributed by atoms with Crippen LogP contribution in [0.5, 0.6) is 0 Å². The first kappa shape index (κ1) is 13.3. The average molecular weight is 301 g/mol. The molecule has 112 valence electrons. The molecule has 5 nitrogen and oxygen atoms in total. The highest BCUT2D eigenvalue weighted by molar-refractivity contribution is 5.93. The molecule has 0 bridgehead atoms. The molecule has 0 saturated carbocycles. The van der Waals surface area contributed by atoms with E-state index in [0.29, 0.717) is 11.5 Å². The van der Waals surface area contributed by atoms with E-state index in [2.05, 4.69) is 22.2 Å². The normalized spacial score (nSPS) is 11.0. The summed E-state index contributed by atoms with van der Waals surface area (Å²) in [4.78, 5) is 4.39. The molecule has 0 spiro atoms. The van der Waals surface area contributed by atoms with Gasteiger partial charge in [0.25, 0.3) is 0 Å². The Kier molecular flexibility index (Phi) is 2.98. The number of pyridine rings is 1. The predicted octanol–water partition coefficient (Wildman–Crippen LogP) is 3.23. The predicted molar refractivity (Wildman–Crippen MR) is 92.7 cm³/mol. The van der Waals surface area contributed by atoms with Crippen LogP contribution >= 0.6 is 0 Å². The molecule has 5 heteroatoms. The summed E-state index contributed by atoms with van der Waals surface area (Å²) in [5, 5.41) is 4.19. The van der Waals surface area contributed by atoms with Crippen LogP contribution in [-0.4, -0.2) is 14.6 Å². The number of fused-ring (bicyclic) bond motifs is 1. The maximum Gasteiger partial charge on any atom is 0.240 e. The van der Waals surface area contributed by atoms with E-state index in [4.69, 9.17) is 11.5 Å². The monoisotopic (exact) mass is 301 g/mol. The van der Waals surface area contributed by atoms with E-state index < -0.39 is 0 Å². The second-order valence-corrected chi connectivity index (χ2v) is 5.30. The lowest BCUT2D eigenvalue weighted by atomic mass is 9.95. The Balaban J connectivity index is 2.13. The number of hydrogen-bond donors (Lipinski definition) is 2. The summed E-state index contributed by atoms with van der Waals surface area (Å²) < 4.78 is 1.59. The first-order valence-electron chi connectivity index (χ1n) is 7.29. The van der Waals surface area contributed by atoms with Gasteiger partial charge in [-0.25, -0.2) is 0 Å². The van der Waals surface area contributed by atoms with Crippen molar-refractivity contribution >= 4 is 17.4 Å². The van der Waals surface area contributed by atoms with Crippen molar-refractivity contribution in [1.29, 1.82) is 0 Å². The third kappa shape index (κ3) is 2.19. The second-order valence-electron chi connectivity index (χ2n) is 5.30. The van der Waals surface area contributed by atoms with Gasteiger partial charge in [0.2, 0.25) is 5.95 Å². The summed E-state index contributed by atoms with van der Waals surface area (Å²) >= 11 is 0. The van der Waals surface area contributed by atoms with Gasteiger partial charge in [0.15, 0.2) is 5.65 Å². The maximum absolute atomic E-state index is 6.16. The third-order valence-electron chi connectivity index (χ3n) is 3.80. The van der Waals surface area contributed by atoms with Crippen molar-refractivity contribution < 1.29 is 0 Å². The Bertz CT molecular complexity index is 975. The lowest BCUT2D eigenvalue weighted by Gasteiger charge is -2.13. The molecule has 4 rings (SSSR count). The molecule has 23 heavy (non-hydrogen) atoms. The van der Waals surface area contributed by atoms with Gasteiger partial charge in [-0.2, -0.15) is 9.50 Å². The molecule has 2 aromatic carbocycles. The largest absolute Gasteiger partial charge is 0.384 e. The maximum atomic E-state index is 6.16. The number of anilines is 2. The number of benzene rings is 2. The van der Waals surface area contributed by atoms with Crippen molar-refractivity contribution in [2.24, 2.45) is 0 Å². The lowest BCUT2D eigenvalue weighted by Crippen LogP contribution is -2.02. The fraction of sp³-hybridized carbons (Fsp3) is 0.